The fourth-order valence-electron chi connectivity index (χ4n) is 2.74. The molecule has 3 aromatic rings. The summed E-state index contributed by atoms with van der Waals surface area (Å²) in [6.45, 7) is 0.296. The van der Waals surface area contributed by atoms with Gasteiger partial charge in [-0.25, -0.2) is 4.98 Å². The summed E-state index contributed by atoms with van der Waals surface area (Å²) in [5.74, 6) is -0.0597. The van der Waals surface area contributed by atoms with Crippen molar-refractivity contribution in [2.75, 3.05) is 12.3 Å². The van der Waals surface area contributed by atoms with E-state index in [0.29, 0.717) is 28.4 Å². The lowest BCUT2D eigenvalue weighted by molar-refractivity contribution is -0.137. The van der Waals surface area contributed by atoms with Crippen molar-refractivity contribution < 1.29 is 22.2 Å². The molecule has 1 aromatic heterocycles. The van der Waals surface area contributed by atoms with E-state index in [1.54, 1.807) is 6.07 Å². The van der Waals surface area contributed by atoms with Gasteiger partial charge in [-0.05, 0) is 35.9 Å². The molecule has 31 heavy (non-hydrogen) atoms. The normalized spacial score (nSPS) is 13.8. The number of benzene rings is 2. The van der Waals surface area contributed by atoms with E-state index in [9.17, 15) is 22.2 Å². The van der Waals surface area contributed by atoms with Gasteiger partial charge in [0.15, 0.2) is 5.25 Å². The number of halogens is 4. The van der Waals surface area contributed by atoms with Crippen LogP contribution in [0.5, 0.6) is 0 Å². The first-order valence-electron chi connectivity index (χ1n) is 8.87. The number of amides is 1. The summed E-state index contributed by atoms with van der Waals surface area (Å²) in [4.78, 5) is 17.3. The third kappa shape index (κ3) is 6.28. The van der Waals surface area contributed by atoms with E-state index in [4.69, 9.17) is 5.14 Å². The van der Waals surface area contributed by atoms with E-state index in [1.807, 2.05) is 12.1 Å². The van der Waals surface area contributed by atoms with Gasteiger partial charge in [-0.2, -0.15) is 13.2 Å². The monoisotopic (exact) mass is 551 g/mol. The third-order valence-electron chi connectivity index (χ3n) is 4.20. The fraction of sp³-hybridized carbons (Fsp3) is 0.263. The van der Waals surface area contributed by atoms with E-state index in [1.165, 1.54) is 23.5 Å². The average molecular weight is 552 g/mol. The number of aromatic nitrogens is 1. The van der Waals surface area contributed by atoms with Crippen LogP contribution in [0.4, 0.5) is 13.2 Å². The molecule has 0 spiro atoms. The van der Waals surface area contributed by atoms with Crippen LogP contribution in [0, 0.1) is 0 Å². The predicted molar refractivity (Wildman–Crippen MR) is 123 cm³/mol. The SMILES string of the molecule is NSCCNC(=O)C(c1nc2ccc(Br)cc2s1)S(=O)Cc1ccc(C(F)(F)F)cc1. The van der Waals surface area contributed by atoms with E-state index in [-0.39, 0.29) is 5.75 Å². The largest absolute Gasteiger partial charge is 0.416 e. The third-order valence-corrected chi connectivity index (χ3v) is 7.95. The molecule has 0 fully saturated rings. The number of hydrogen-bond acceptors (Lipinski definition) is 6. The van der Waals surface area contributed by atoms with Crippen molar-refractivity contribution in [1.29, 1.82) is 0 Å². The molecule has 3 rings (SSSR count). The molecule has 0 aliphatic rings. The molecule has 0 saturated carbocycles. The summed E-state index contributed by atoms with van der Waals surface area (Å²) >= 11 is 5.72. The number of nitrogens with one attached hydrogen (secondary N) is 1. The molecule has 0 aliphatic carbocycles. The van der Waals surface area contributed by atoms with Gasteiger partial charge >= 0.3 is 6.18 Å². The number of thiazole rings is 1. The summed E-state index contributed by atoms with van der Waals surface area (Å²) in [6, 6.07) is 9.89. The first-order chi connectivity index (χ1) is 14.7. The topological polar surface area (TPSA) is 85.1 Å². The molecule has 0 saturated heterocycles. The van der Waals surface area contributed by atoms with Crippen LogP contribution in [0.15, 0.2) is 46.9 Å². The van der Waals surface area contributed by atoms with Gasteiger partial charge in [-0.3, -0.25) is 14.1 Å². The van der Waals surface area contributed by atoms with Crippen LogP contribution in [0.1, 0.15) is 21.4 Å². The molecule has 0 radical (unpaired) electrons. The summed E-state index contributed by atoms with van der Waals surface area (Å²) in [5, 5.41) is 7.42. The van der Waals surface area contributed by atoms with Gasteiger partial charge in [0.05, 0.1) is 15.8 Å². The zero-order chi connectivity index (χ0) is 22.6. The number of hydrogen-bond donors (Lipinski definition) is 2. The van der Waals surface area contributed by atoms with Gasteiger partial charge in [0.1, 0.15) is 5.01 Å². The highest BCUT2D eigenvalue weighted by molar-refractivity contribution is 9.10. The smallest absolute Gasteiger partial charge is 0.354 e. The minimum Gasteiger partial charge on any atom is -0.354 e. The summed E-state index contributed by atoms with van der Waals surface area (Å²) < 4.78 is 53.2. The van der Waals surface area contributed by atoms with Gasteiger partial charge < -0.3 is 5.32 Å². The van der Waals surface area contributed by atoms with Crippen LogP contribution >= 0.6 is 39.2 Å². The molecule has 2 unspecified atom stereocenters. The lowest BCUT2D eigenvalue weighted by atomic mass is 10.1. The summed E-state index contributed by atoms with van der Waals surface area (Å²) in [7, 11) is -1.75. The Kier molecular flexibility index (Phi) is 8.14. The predicted octanol–water partition coefficient (Wildman–Crippen LogP) is 4.79. The second kappa shape index (κ2) is 10.4. The van der Waals surface area contributed by atoms with Gasteiger partial charge in [0, 0.05) is 33.3 Å². The molecule has 1 amide bonds. The van der Waals surface area contributed by atoms with Gasteiger partial charge in [-0.1, -0.05) is 40.0 Å². The molecule has 12 heteroatoms. The van der Waals surface area contributed by atoms with Crippen molar-refractivity contribution >= 4 is 66.1 Å². The molecule has 1 heterocycles. The second-order valence-electron chi connectivity index (χ2n) is 6.43. The molecular weight excluding hydrogens is 535 g/mol. The zero-order valence-corrected chi connectivity index (χ0v) is 19.9. The number of carbonyl (C=O) groups excluding carboxylic acids is 1. The molecule has 0 bridgehead atoms. The summed E-state index contributed by atoms with van der Waals surface area (Å²) in [6.07, 6.45) is -4.45. The molecule has 166 valence electrons. The maximum atomic E-state index is 13.2. The van der Waals surface area contributed by atoms with Crippen molar-refractivity contribution in [3.63, 3.8) is 0 Å². The number of alkyl halides is 3. The van der Waals surface area contributed by atoms with E-state index in [0.717, 1.165) is 33.3 Å². The van der Waals surface area contributed by atoms with E-state index in [2.05, 4.69) is 26.2 Å². The standard InChI is InChI=1S/C19H17BrF3N3O2S3/c20-13-5-6-14-15(9-13)30-18(26-14)16(17(27)25-7-8-29-24)31(28)10-11-1-3-12(4-2-11)19(21,22)23/h1-6,9,16H,7-8,10,24H2,(H,25,27). The molecule has 5 nitrogen and oxygen atoms in total. The van der Waals surface area contributed by atoms with Crippen molar-refractivity contribution in [2.24, 2.45) is 5.14 Å². The highest BCUT2D eigenvalue weighted by atomic mass is 79.9. The molecule has 2 atom stereocenters. The Hall–Kier alpha value is -1.47. The number of nitrogens with two attached hydrogens (primary N) is 1. The first kappa shape index (κ1) is 24.2. The first-order valence-corrected chi connectivity index (χ1v) is 12.9. The Labute approximate surface area is 195 Å². The van der Waals surface area contributed by atoms with Crippen molar-refractivity contribution in [3.05, 3.63) is 63.1 Å². The molecule has 3 N–H and O–H groups in total. The van der Waals surface area contributed by atoms with Crippen molar-refractivity contribution in [1.82, 2.24) is 10.3 Å². The van der Waals surface area contributed by atoms with E-state index < -0.39 is 33.7 Å². The Bertz CT molecular complexity index is 1090. The highest BCUT2D eigenvalue weighted by Crippen LogP contribution is 2.33. The minimum absolute atomic E-state index is 0.0819. The number of fused-ring (bicyclic) bond motifs is 1. The lowest BCUT2D eigenvalue weighted by Gasteiger charge is -2.15. The number of rotatable bonds is 8. The lowest BCUT2D eigenvalue weighted by Crippen LogP contribution is -2.33. The Morgan fingerprint density at radius 2 is 1.97 bits per heavy atom. The second-order valence-corrected chi connectivity index (χ2v) is 10.7. The maximum Gasteiger partial charge on any atom is 0.416 e. The van der Waals surface area contributed by atoms with Crippen LogP contribution < -0.4 is 10.5 Å². The van der Waals surface area contributed by atoms with Crippen molar-refractivity contribution in [3.8, 4) is 0 Å². The van der Waals surface area contributed by atoms with Crippen molar-refractivity contribution in [2.45, 2.75) is 17.2 Å². The fourth-order valence-corrected chi connectivity index (χ4v) is 6.21. The maximum absolute atomic E-state index is 13.2. The highest BCUT2D eigenvalue weighted by Gasteiger charge is 2.32. The minimum atomic E-state index is -4.45. The summed E-state index contributed by atoms with van der Waals surface area (Å²) in [5.41, 5.74) is 0.322. The van der Waals surface area contributed by atoms with Gasteiger partial charge in [0.25, 0.3) is 0 Å². The van der Waals surface area contributed by atoms with Crippen LogP contribution in [0.2, 0.25) is 0 Å². The van der Waals surface area contributed by atoms with Crippen LogP contribution in [0.3, 0.4) is 0 Å². The van der Waals surface area contributed by atoms with Crippen LogP contribution in [-0.4, -0.2) is 27.4 Å². The Morgan fingerprint density at radius 1 is 1.26 bits per heavy atom. The number of nitrogens with zero attached hydrogens (tertiary/aromatic N) is 1. The van der Waals surface area contributed by atoms with Gasteiger partial charge in [-0.15, -0.1) is 11.3 Å². The van der Waals surface area contributed by atoms with Crippen LogP contribution in [0.25, 0.3) is 10.2 Å². The Morgan fingerprint density at radius 3 is 2.61 bits per heavy atom. The number of carbonyl (C=O) groups is 1. The quantitative estimate of drug-likeness (QED) is 0.310. The Balaban J connectivity index is 1.87. The molecule has 2 aromatic carbocycles. The van der Waals surface area contributed by atoms with E-state index >= 15 is 0 Å². The molecule has 0 aliphatic heterocycles. The van der Waals surface area contributed by atoms with Crippen LogP contribution in [-0.2, 0) is 27.5 Å². The molecular formula is C19H17BrF3N3O2S3. The van der Waals surface area contributed by atoms with Gasteiger partial charge in [0.2, 0.25) is 5.91 Å². The average Bonchev–Trinajstić information content (AvgIpc) is 3.10. The zero-order valence-electron chi connectivity index (χ0n) is 15.8.